The van der Waals surface area contributed by atoms with Crippen LogP contribution in [0.25, 0.3) is 0 Å². The standard InChI is InChI=1S/C17H18N2O4S/c1-12-7-8-13(19(21)22)11-15(12)18-17(20)14-5-3-4-6-16(14)24-10-9-23-2/h3-8,11H,9-10H2,1-2H3,(H,18,20). The van der Waals surface area contributed by atoms with Crippen LogP contribution in [0.1, 0.15) is 15.9 Å². The zero-order chi connectivity index (χ0) is 17.5. The molecule has 2 rings (SSSR count). The van der Waals surface area contributed by atoms with E-state index in [4.69, 9.17) is 4.74 Å². The van der Waals surface area contributed by atoms with Gasteiger partial charge in [-0.25, -0.2) is 0 Å². The molecule has 24 heavy (non-hydrogen) atoms. The number of methoxy groups -OCH3 is 1. The Morgan fingerprint density at radius 1 is 1.29 bits per heavy atom. The topological polar surface area (TPSA) is 81.5 Å². The SMILES string of the molecule is COCCSc1ccccc1C(=O)Nc1cc([N+](=O)[O-])ccc1C. The zero-order valence-electron chi connectivity index (χ0n) is 13.4. The molecule has 0 spiro atoms. The van der Waals surface area contributed by atoms with Crippen LogP contribution in [0.2, 0.25) is 0 Å². The maximum atomic E-state index is 12.6. The summed E-state index contributed by atoms with van der Waals surface area (Å²) in [4.78, 5) is 23.8. The van der Waals surface area contributed by atoms with E-state index >= 15 is 0 Å². The van der Waals surface area contributed by atoms with Gasteiger partial charge in [-0.05, 0) is 24.6 Å². The number of hydrogen-bond donors (Lipinski definition) is 1. The van der Waals surface area contributed by atoms with Crippen molar-refractivity contribution in [1.82, 2.24) is 0 Å². The van der Waals surface area contributed by atoms with E-state index in [1.807, 2.05) is 12.1 Å². The van der Waals surface area contributed by atoms with Crippen molar-refractivity contribution in [3.8, 4) is 0 Å². The molecule has 2 aromatic rings. The first-order valence-electron chi connectivity index (χ1n) is 7.30. The van der Waals surface area contributed by atoms with Gasteiger partial charge in [0.1, 0.15) is 0 Å². The number of nitrogens with zero attached hydrogens (tertiary/aromatic N) is 1. The van der Waals surface area contributed by atoms with Crippen LogP contribution >= 0.6 is 11.8 Å². The zero-order valence-corrected chi connectivity index (χ0v) is 14.3. The first-order chi connectivity index (χ1) is 11.5. The molecule has 7 heteroatoms. The highest BCUT2D eigenvalue weighted by Crippen LogP contribution is 2.26. The molecule has 0 heterocycles. The van der Waals surface area contributed by atoms with Gasteiger partial charge in [0.05, 0.1) is 22.8 Å². The van der Waals surface area contributed by atoms with Crippen LogP contribution in [0.4, 0.5) is 11.4 Å². The molecule has 0 unspecified atom stereocenters. The number of ether oxygens (including phenoxy) is 1. The van der Waals surface area contributed by atoms with Crippen molar-refractivity contribution in [2.45, 2.75) is 11.8 Å². The van der Waals surface area contributed by atoms with Crippen LogP contribution < -0.4 is 5.32 Å². The average Bonchev–Trinajstić information content (AvgIpc) is 2.57. The van der Waals surface area contributed by atoms with Gasteiger partial charge in [0.25, 0.3) is 11.6 Å². The van der Waals surface area contributed by atoms with E-state index in [-0.39, 0.29) is 11.6 Å². The number of hydrogen-bond acceptors (Lipinski definition) is 5. The second-order valence-corrected chi connectivity index (χ2v) is 6.18. The van der Waals surface area contributed by atoms with E-state index < -0.39 is 4.92 Å². The molecule has 126 valence electrons. The number of non-ortho nitro benzene ring substituents is 1. The second kappa shape index (κ2) is 8.47. The Morgan fingerprint density at radius 3 is 2.75 bits per heavy atom. The number of anilines is 1. The van der Waals surface area contributed by atoms with Crippen LogP contribution in [0, 0.1) is 17.0 Å². The van der Waals surface area contributed by atoms with Crippen molar-refractivity contribution < 1.29 is 14.5 Å². The number of thioether (sulfide) groups is 1. The van der Waals surface area contributed by atoms with Gasteiger partial charge in [0.15, 0.2) is 0 Å². The number of benzene rings is 2. The number of nitrogens with one attached hydrogen (secondary N) is 1. The molecule has 0 atom stereocenters. The Hall–Kier alpha value is -2.38. The quantitative estimate of drug-likeness (QED) is 0.356. The Kier molecular flexibility index (Phi) is 6.34. The third-order valence-electron chi connectivity index (χ3n) is 3.36. The van der Waals surface area contributed by atoms with Gasteiger partial charge >= 0.3 is 0 Å². The van der Waals surface area contributed by atoms with E-state index in [0.29, 0.717) is 17.9 Å². The van der Waals surface area contributed by atoms with Gasteiger partial charge in [-0.2, -0.15) is 0 Å². The van der Waals surface area contributed by atoms with Gasteiger partial charge in [-0.1, -0.05) is 18.2 Å². The number of amides is 1. The lowest BCUT2D eigenvalue weighted by molar-refractivity contribution is -0.384. The lowest BCUT2D eigenvalue weighted by Gasteiger charge is -2.11. The van der Waals surface area contributed by atoms with Crippen molar-refractivity contribution in [3.05, 3.63) is 63.7 Å². The summed E-state index contributed by atoms with van der Waals surface area (Å²) < 4.78 is 5.03. The van der Waals surface area contributed by atoms with Crippen molar-refractivity contribution in [2.24, 2.45) is 0 Å². The lowest BCUT2D eigenvalue weighted by atomic mass is 10.1. The number of carbonyl (C=O) groups is 1. The highest BCUT2D eigenvalue weighted by Gasteiger charge is 2.15. The fourth-order valence-electron chi connectivity index (χ4n) is 2.06. The minimum atomic E-state index is -0.482. The van der Waals surface area contributed by atoms with Crippen molar-refractivity contribution in [1.29, 1.82) is 0 Å². The fraction of sp³-hybridized carbons (Fsp3) is 0.235. The Morgan fingerprint density at radius 2 is 2.04 bits per heavy atom. The van der Waals surface area contributed by atoms with Crippen LogP contribution in [0.15, 0.2) is 47.4 Å². The van der Waals surface area contributed by atoms with E-state index in [9.17, 15) is 14.9 Å². The van der Waals surface area contributed by atoms with Crippen molar-refractivity contribution >= 4 is 29.0 Å². The highest BCUT2D eigenvalue weighted by atomic mass is 32.2. The molecule has 0 radical (unpaired) electrons. The normalized spacial score (nSPS) is 10.4. The molecule has 0 aliphatic carbocycles. The summed E-state index contributed by atoms with van der Waals surface area (Å²) in [5.74, 6) is 0.440. The Bertz CT molecular complexity index is 749. The van der Waals surface area contributed by atoms with Crippen LogP contribution in [-0.2, 0) is 4.74 Å². The predicted octanol–water partition coefficient (Wildman–Crippen LogP) is 3.89. The first kappa shape index (κ1) is 18.0. The van der Waals surface area contributed by atoms with E-state index in [1.54, 1.807) is 32.2 Å². The molecule has 0 fully saturated rings. The number of nitro groups is 1. The first-order valence-corrected chi connectivity index (χ1v) is 8.28. The maximum absolute atomic E-state index is 12.6. The van der Waals surface area contributed by atoms with E-state index in [0.717, 1.165) is 16.2 Å². The highest BCUT2D eigenvalue weighted by molar-refractivity contribution is 7.99. The summed E-state index contributed by atoms with van der Waals surface area (Å²) in [5, 5.41) is 13.7. The number of nitro benzene ring substituents is 1. The molecule has 0 aliphatic rings. The number of rotatable bonds is 7. The van der Waals surface area contributed by atoms with E-state index in [1.165, 1.54) is 23.9 Å². The van der Waals surface area contributed by atoms with Crippen LogP contribution in [0.5, 0.6) is 0 Å². The Labute approximate surface area is 144 Å². The molecular weight excluding hydrogens is 328 g/mol. The van der Waals surface area contributed by atoms with Gasteiger partial charge in [-0.15, -0.1) is 11.8 Å². The molecule has 0 saturated carbocycles. The molecular formula is C17H18N2O4S. The monoisotopic (exact) mass is 346 g/mol. The summed E-state index contributed by atoms with van der Waals surface area (Å²) in [5.41, 5.74) is 1.67. The summed E-state index contributed by atoms with van der Waals surface area (Å²) in [7, 11) is 1.63. The fourth-order valence-corrected chi connectivity index (χ4v) is 3.02. The van der Waals surface area contributed by atoms with Crippen LogP contribution in [-0.4, -0.2) is 30.3 Å². The number of aryl methyl sites for hydroxylation is 1. The molecule has 6 nitrogen and oxygen atoms in total. The van der Waals surface area contributed by atoms with E-state index in [2.05, 4.69) is 5.32 Å². The van der Waals surface area contributed by atoms with Crippen molar-refractivity contribution in [3.63, 3.8) is 0 Å². The van der Waals surface area contributed by atoms with Gasteiger partial charge in [0, 0.05) is 29.9 Å². The minimum Gasteiger partial charge on any atom is -0.384 e. The molecule has 0 saturated heterocycles. The van der Waals surface area contributed by atoms with Gasteiger partial charge < -0.3 is 10.1 Å². The largest absolute Gasteiger partial charge is 0.384 e. The third-order valence-corrected chi connectivity index (χ3v) is 4.39. The maximum Gasteiger partial charge on any atom is 0.271 e. The van der Waals surface area contributed by atoms with Gasteiger partial charge in [-0.3, -0.25) is 14.9 Å². The van der Waals surface area contributed by atoms with Crippen LogP contribution in [0.3, 0.4) is 0 Å². The average molecular weight is 346 g/mol. The summed E-state index contributed by atoms with van der Waals surface area (Å²) in [6.45, 7) is 2.38. The molecule has 0 aliphatic heterocycles. The lowest BCUT2D eigenvalue weighted by Crippen LogP contribution is -2.14. The predicted molar refractivity (Wildman–Crippen MR) is 94.8 cm³/mol. The molecule has 2 aromatic carbocycles. The molecule has 1 amide bonds. The summed E-state index contributed by atoms with van der Waals surface area (Å²) >= 11 is 1.53. The summed E-state index contributed by atoms with van der Waals surface area (Å²) in [6, 6.07) is 11.7. The molecule has 0 bridgehead atoms. The second-order valence-electron chi connectivity index (χ2n) is 5.05. The van der Waals surface area contributed by atoms with Crippen molar-refractivity contribution in [2.75, 3.05) is 24.8 Å². The summed E-state index contributed by atoms with van der Waals surface area (Å²) in [6.07, 6.45) is 0. The third kappa shape index (κ3) is 4.56. The Balaban J connectivity index is 2.21. The smallest absolute Gasteiger partial charge is 0.271 e. The molecule has 1 N–H and O–H groups in total. The molecule has 0 aromatic heterocycles. The van der Waals surface area contributed by atoms with Gasteiger partial charge in [0.2, 0.25) is 0 Å². The number of carbonyl (C=O) groups excluding carboxylic acids is 1. The minimum absolute atomic E-state index is 0.0568.